The number of nitrogens with one attached hydrogen (secondary N) is 1. The van der Waals surface area contributed by atoms with Crippen molar-refractivity contribution in [1.82, 2.24) is 5.32 Å². The van der Waals surface area contributed by atoms with Crippen LogP contribution in [0.1, 0.15) is 21.7 Å². The molecule has 2 N–H and O–H groups in total. The van der Waals surface area contributed by atoms with E-state index in [0.29, 0.717) is 0 Å². The lowest BCUT2D eigenvalue weighted by Crippen LogP contribution is -2.27. The second kappa shape index (κ2) is 8.05. The van der Waals surface area contributed by atoms with Gasteiger partial charge in [0.05, 0.1) is 5.56 Å². The largest absolute Gasteiger partial charge is 0.477 e. The highest BCUT2D eigenvalue weighted by molar-refractivity contribution is 6.02. The first-order valence-electron chi connectivity index (χ1n) is 8.33. The third-order valence-electron chi connectivity index (χ3n) is 3.93. The molecule has 1 aromatic heterocycles. The lowest BCUT2D eigenvalue weighted by atomic mass is 10.1. The van der Waals surface area contributed by atoms with Crippen molar-refractivity contribution < 1.29 is 32.3 Å². The third kappa shape index (κ3) is 4.73. The zero-order chi connectivity index (χ0) is 21.0. The van der Waals surface area contributed by atoms with Crippen molar-refractivity contribution in [3.63, 3.8) is 0 Å². The van der Waals surface area contributed by atoms with Crippen LogP contribution in [0, 0.1) is 0 Å². The highest BCUT2D eigenvalue weighted by atomic mass is 19.4. The fourth-order valence-electron chi connectivity index (χ4n) is 2.60. The second-order valence-electron chi connectivity index (χ2n) is 5.93. The smallest absolute Gasteiger partial charge is 0.417 e. The first kappa shape index (κ1) is 19.9. The maximum atomic E-state index is 13.2. The predicted octanol–water partition coefficient (Wildman–Crippen LogP) is 4.82. The first-order chi connectivity index (χ1) is 13.8. The zero-order valence-corrected chi connectivity index (χ0v) is 14.7. The molecule has 8 heteroatoms. The molecule has 0 aliphatic carbocycles. The maximum Gasteiger partial charge on any atom is 0.417 e. The SMILES string of the molecule is O=C(O)C(=Cc1ccc(-c2ccccc2C(F)(F)F)o1)NC(=O)c1ccccc1. The molecule has 29 heavy (non-hydrogen) atoms. The van der Waals surface area contributed by atoms with Crippen molar-refractivity contribution in [2.24, 2.45) is 0 Å². The number of benzene rings is 2. The number of carbonyl (C=O) groups excluding carboxylic acids is 1. The third-order valence-corrected chi connectivity index (χ3v) is 3.93. The monoisotopic (exact) mass is 401 g/mol. The molecule has 0 radical (unpaired) electrons. The van der Waals surface area contributed by atoms with Gasteiger partial charge in [0.25, 0.3) is 5.91 Å². The molecule has 2 aromatic carbocycles. The van der Waals surface area contributed by atoms with Crippen molar-refractivity contribution in [3.05, 3.63) is 89.3 Å². The number of alkyl halides is 3. The fraction of sp³-hybridized carbons (Fsp3) is 0.0476. The van der Waals surface area contributed by atoms with E-state index in [-0.39, 0.29) is 22.6 Å². The van der Waals surface area contributed by atoms with Gasteiger partial charge in [-0.25, -0.2) is 4.79 Å². The Morgan fingerprint density at radius 2 is 1.59 bits per heavy atom. The van der Waals surface area contributed by atoms with Gasteiger partial charge in [0.1, 0.15) is 17.2 Å². The minimum Gasteiger partial charge on any atom is -0.477 e. The molecular formula is C21H14F3NO4. The van der Waals surface area contributed by atoms with E-state index in [9.17, 15) is 27.9 Å². The van der Waals surface area contributed by atoms with E-state index in [4.69, 9.17) is 4.42 Å². The number of carbonyl (C=O) groups is 2. The van der Waals surface area contributed by atoms with Crippen molar-refractivity contribution in [2.75, 3.05) is 0 Å². The summed E-state index contributed by atoms with van der Waals surface area (Å²) in [5.41, 5.74) is -1.28. The van der Waals surface area contributed by atoms with E-state index in [1.165, 1.54) is 42.5 Å². The van der Waals surface area contributed by atoms with Gasteiger partial charge in [-0.2, -0.15) is 13.2 Å². The molecule has 3 rings (SSSR count). The van der Waals surface area contributed by atoms with E-state index in [1.807, 2.05) is 0 Å². The van der Waals surface area contributed by atoms with E-state index in [1.54, 1.807) is 18.2 Å². The second-order valence-corrected chi connectivity index (χ2v) is 5.93. The number of carboxylic acid groups (broad SMARTS) is 1. The van der Waals surface area contributed by atoms with Crippen LogP contribution in [-0.4, -0.2) is 17.0 Å². The highest BCUT2D eigenvalue weighted by Crippen LogP contribution is 2.37. The van der Waals surface area contributed by atoms with Gasteiger partial charge in [0, 0.05) is 17.2 Å². The maximum absolute atomic E-state index is 13.2. The zero-order valence-electron chi connectivity index (χ0n) is 14.7. The topological polar surface area (TPSA) is 79.5 Å². The molecule has 0 saturated heterocycles. The molecule has 0 spiro atoms. The van der Waals surface area contributed by atoms with Gasteiger partial charge in [0.2, 0.25) is 0 Å². The minimum absolute atomic E-state index is 0.0252. The summed E-state index contributed by atoms with van der Waals surface area (Å²) < 4.78 is 44.9. The molecule has 0 unspecified atom stereocenters. The summed E-state index contributed by atoms with van der Waals surface area (Å²) in [4.78, 5) is 23.6. The van der Waals surface area contributed by atoms with Crippen LogP contribution in [-0.2, 0) is 11.0 Å². The van der Waals surface area contributed by atoms with E-state index >= 15 is 0 Å². The highest BCUT2D eigenvalue weighted by Gasteiger charge is 2.34. The number of carboxylic acids is 1. The molecule has 1 amide bonds. The Morgan fingerprint density at radius 1 is 0.931 bits per heavy atom. The molecule has 0 atom stereocenters. The van der Waals surface area contributed by atoms with Gasteiger partial charge in [0.15, 0.2) is 0 Å². The summed E-state index contributed by atoms with van der Waals surface area (Å²) in [6.45, 7) is 0. The Labute approximate surface area is 163 Å². The molecule has 0 aliphatic rings. The number of aliphatic carboxylic acids is 1. The van der Waals surface area contributed by atoms with Crippen LogP contribution in [0.3, 0.4) is 0 Å². The van der Waals surface area contributed by atoms with Gasteiger partial charge in [-0.15, -0.1) is 0 Å². The quantitative estimate of drug-likeness (QED) is 0.601. The standard InChI is InChI=1S/C21H14F3NO4/c22-21(23,24)16-9-5-4-8-15(16)18-11-10-14(29-18)12-17(20(27)28)25-19(26)13-6-2-1-3-7-13/h1-12H,(H,25,26)(H,27,28). The van der Waals surface area contributed by atoms with Crippen molar-refractivity contribution >= 4 is 18.0 Å². The predicted molar refractivity (Wildman–Crippen MR) is 98.7 cm³/mol. The van der Waals surface area contributed by atoms with Crippen molar-refractivity contribution in [3.8, 4) is 11.3 Å². The van der Waals surface area contributed by atoms with E-state index in [2.05, 4.69) is 5.32 Å². The van der Waals surface area contributed by atoms with Crippen LogP contribution in [0.25, 0.3) is 17.4 Å². The Morgan fingerprint density at radius 3 is 2.24 bits per heavy atom. The molecular weight excluding hydrogens is 387 g/mol. The van der Waals surface area contributed by atoms with E-state index in [0.717, 1.165) is 12.1 Å². The van der Waals surface area contributed by atoms with E-state index < -0.39 is 29.3 Å². The molecule has 0 aliphatic heterocycles. The minimum atomic E-state index is -4.57. The molecule has 0 fully saturated rings. The summed E-state index contributed by atoms with van der Waals surface area (Å²) in [7, 11) is 0. The van der Waals surface area contributed by atoms with Crippen LogP contribution >= 0.6 is 0 Å². The lowest BCUT2D eigenvalue weighted by molar-refractivity contribution is -0.137. The average molecular weight is 401 g/mol. The molecule has 148 valence electrons. The number of furan rings is 1. The summed E-state index contributed by atoms with van der Waals surface area (Å²) in [5.74, 6) is -2.18. The Kier molecular flexibility index (Phi) is 5.54. The molecule has 1 heterocycles. The molecule has 5 nitrogen and oxygen atoms in total. The first-order valence-corrected chi connectivity index (χ1v) is 8.33. The van der Waals surface area contributed by atoms with Crippen molar-refractivity contribution in [1.29, 1.82) is 0 Å². The number of hydrogen-bond donors (Lipinski definition) is 2. The van der Waals surface area contributed by atoms with Gasteiger partial charge >= 0.3 is 12.1 Å². The Balaban J connectivity index is 1.90. The van der Waals surface area contributed by atoms with Crippen LogP contribution in [0.15, 0.2) is 76.8 Å². The van der Waals surface area contributed by atoms with Gasteiger partial charge in [-0.3, -0.25) is 4.79 Å². The van der Waals surface area contributed by atoms with Gasteiger partial charge in [-0.1, -0.05) is 36.4 Å². The number of amides is 1. The summed E-state index contributed by atoms with van der Waals surface area (Å²) >= 11 is 0. The van der Waals surface area contributed by atoms with Crippen LogP contribution in [0.2, 0.25) is 0 Å². The van der Waals surface area contributed by atoms with Gasteiger partial charge < -0.3 is 14.8 Å². The number of rotatable bonds is 5. The summed E-state index contributed by atoms with van der Waals surface area (Å²) in [5, 5.41) is 11.6. The van der Waals surface area contributed by atoms with Gasteiger partial charge in [-0.05, 0) is 30.3 Å². The van der Waals surface area contributed by atoms with Crippen LogP contribution in [0.5, 0.6) is 0 Å². The summed E-state index contributed by atoms with van der Waals surface area (Å²) in [6.07, 6.45) is -3.54. The van der Waals surface area contributed by atoms with Crippen molar-refractivity contribution in [2.45, 2.75) is 6.18 Å². The Bertz CT molecular complexity index is 1070. The normalized spacial score (nSPS) is 11.9. The fourth-order valence-corrected chi connectivity index (χ4v) is 2.60. The molecule has 3 aromatic rings. The summed E-state index contributed by atoms with van der Waals surface area (Å²) in [6, 6.07) is 15.5. The number of hydrogen-bond acceptors (Lipinski definition) is 3. The number of halogens is 3. The molecule has 0 saturated carbocycles. The molecule has 0 bridgehead atoms. The Hall–Kier alpha value is -3.81. The van der Waals surface area contributed by atoms with Crippen LogP contribution in [0.4, 0.5) is 13.2 Å². The average Bonchev–Trinajstić information content (AvgIpc) is 3.16. The lowest BCUT2D eigenvalue weighted by Gasteiger charge is -2.10. The van der Waals surface area contributed by atoms with Crippen LogP contribution < -0.4 is 5.32 Å².